The van der Waals surface area contributed by atoms with E-state index in [1.807, 2.05) is 0 Å². The zero-order valence-electron chi connectivity index (χ0n) is 14.1. The molecule has 0 amide bonds. The van der Waals surface area contributed by atoms with Gasteiger partial charge >= 0.3 is 0 Å². The number of hydrogen-bond acceptors (Lipinski definition) is 3. The molecule has 20 heavy (non-hydrogen) atoms. The summed E-state index contributed by atoms with van der Waals surface area (Å²) in [6.07, 6.45) is 5.65. The van der Waals surface area contributed by atoms with Crippen LogP contribution in [-0.2, 0) is 0 Å². The lowest BCUT2D eigenvalue weighted by Gasteiger charge is -2.39. The number of rotatable bonds is 5. The fourth-order valence-corrected chi connectivity index (χ4v) is 3.74. The molecule has 118 valence electrons. The Bertz CT molecular complexity index is 270. The van der Waals surface area contributed by atoms with Crippen LogP contribution in [0.25, 0.3) is 0 Å². The van der Waals surface area contributed by atoms with E-state index in [0.717, 1.165) is 5.92 Å². The molecule has 0 aromatic carbocycles. The number of piperidine rings is 1. The molecule has 0 bridgehead atoms. The minimum Gasteiger partial charge on any atom is -0.315 e. The summed E-state index contributed by atoms with van der Waals surface area (Å²) in [4.78, 5) is 5.36. The largest absolute Gasteiger partial charge is 0.315 e. The summed E-state index contributed by atoms with van der Waals surface area (Å²) < 4.78 is 0. The molecule has 3 nitrogen and oxygen atoms in total. The molecular weight excluding hydrogens is 246 g/mol. The van der Waals surface area contributed by atoms with Gasteiger partial charge in [0, 0.05) is 19.1 Å². The standard InChI is InChI=1S/C17H35N3/c1-17(2,3)16(18-4)14-20-11-7-15(8-12-20)13-19-9-5-6-10-19/h15-16,18H,5-14H2,1-4H3. The third-order valence-electron chi connectivity index (χ3n) is 5.26. The maximum atomic E-state index is 3.51. The number of hydrogen-bond donors (Lipinski definition) is 1. The van der Waals surface area contributed by atoms with Crippen molar-refractivity contribution in [2.45, 2.75) is 52.5 Å². The first-order chi connectivity index (χ1) is 9.49. The Morgan fingerprint density at radius 2 is 1.60 bits per heavy atom. The molecule has 2 heterocycles. The molecule has 2 rings (SSSR count). The Labute approximate surface area is 126 Å². The predicted octanol–water partition coefficient (Wildman–Crippen LogP) is 2.43. The summed E-state index contributed by atoms with van der Waals surface area (Å²) in [7, 11) is 2.11. The van der Waals surface area contributed by atoms with Crippen molar-refractivity contribution in [2.24, 2.45) is 11.3 Å². The van der Waals surface area contributed by atoms with Gasteiger partial charge in [0.25, 0.3) is 0 Å². The van der Waals surface area contributed by atoms with Crippen molar-refractivity contribution < 1.29 is 0 Å². The molecule has 1 N–H and O–H groups in total. The molecule has 1 atom stereocenters. The quantitative estimate of drug-likeness (QED) is 0.835. The molecule has 0 aliphatic carbocycles. The molecule has 0 aromatic heterocycles. The Balaban J connectivity index is 1.70. The highest BCUT2D eigenvalue weighted by Crippen LogP contribution is 2.24. The molecule has 0 saturated carbocycles. The zero-order chi connectivity index (χ0) is 14.6. The normalized spacial score (nSPS) is 25.2. The van der Waals surface area contributed by atoms with E-state index in [-0.39, 0.29) is 0 Å². The monoisotopic (exact) mass is 281 g/mol. The van der Waals surface area contributed by atoms with E-state index < -0.39 is 0 Å². The van der Waals surface area contributed by atoms with E-state index in [2.05, 4.69) is 42.9 Å². The van der Waals surface area contributed by atoms with Crippen LogP contribution in [0.15, 0.2) is 0 Å². The first-order valence-corrected chi connectivity index (χ1v) is 8.61. The van der Waals surface area contributed by atoms with E-state index in [9.17, 15) is 0 Å². The minimum absolute atomic E-state index is 0.348. The molecule has 3 heteroatoms. The lowest BCUT2D eigenvalue weighted by atomic mass is 9.86. The van der Waals surface area contributed by atoms with Crippen molar-refractivity contribution in [2.75, 3.05) is 46.3 Å². The van der Waals surface area contributed by atoms with Crippen LogP contribution >= 0.6 is 0 Å². The number of nitrogens with zero attached hydrogens (tertiary/aromatic N) is 2. The van der Waals surface area contributed by atoms with E-state index >= 15 is 0 Å². The Kier molecular flexibility index (Phi) is 5.88. The fraction of sp³-hybridized carbons (Fsp3) is 1.00. The average molecular weight is 281 g/mol. The highest BCUT2D eigenvalue weighted by Gasteiger charge is 2.28. The summed E-state index contributed by atoms with van der Waals surface area (Å²) >= 11 is 0. The van der Waals surface area contributed by atoms with Crippen LogP contribution in [0.5, 0.6) is 0 Å². The van der Waals surface area contributed by atoms with Gasteiger partial charge in [-0.2, -0.15) is 0 Å². The molecular formula is C17H35N3. The topological polar surface area (TPSA) is 18.5 Å². The van der Waals surface area contributed by atoms with Gasteiger partial charge in [0.05, 0.1) is 0 Å². The maximum absolute atomic E-state index is 3.51. The van der Waals surface area contributed by atoms with Crippen molar-refractivity contribution >= 4 is 0 Å². The van der Waals surface area contributed by atoms with E-state index in [0.29, 0.717) is 11.5 Å². The Morgan fingerprint density at radius 1 is 1.00 bits per heavy atom. The molecule has 2 aliphatic heterocycles. The fourth-order valence-electron chi connectivity index (χ4n) is 3.74. The molecule has 2 saturated heterocycles. The number of nitrogens with one attached hydrogen (secondary N) is 1. The third kappa shape index (κ3) is 4.71. The number of likely N-dealkylation sites (N-methyl/N-ethyl adjacent to an activating group) is 1. The van der Waals surface area contributed by atoms with Gasteiger partial charge in [-0.1, -0.05) is 20.8 Å². The molecule has 2 aliphatic rings. The molecule has 0 aromatic rings. The summed E-state index contributed by atoms with van der Waals surface area (Å²) in [5, 5.41) is 3.51. The molecule has 2 fully saturated rings. The van der Waals surface area contributed by atoms with Gasteiger partial charge < -0.3 is 15.1 Å². The van der Waals surface area contributed by atoms with Crippen LogP contribution in [-0.4, -0.2) is 62.2 Å². The second-order valence-electron chi connectivity index (χ2n) is 7.96. The second-order valence-corrected chi connectivity index (χ2v) is 7.96. The first kappa shape index (κ1) is 16.3. The number of likely N-dealkylation sites (tertiary alicyclic amines) is 2. The van der Waals surface area contributed by atoms with Gasteiger partial charge in [0.15, 0.2) is 0 Å². The Hall–Kier alpha value is -0.120. The zero-order valence-corrected chi connectivity index (χ0v) is 14.1. The minimum atomic E-state index is 0.348. The van der Waals surface area contributed by atoms with Crippen LogP contribution in [0, 0.1) is 11.3 Å². The van der Waals surface area contributed by atoms with Crippen molar-refractivity contribution in [1.29, 1.82) is 0 Å². The molecule has 0 spiro atoms. The lowest BCUT2D eigenvalue weighted by molar-refractivity contribution is 0.121. The van der Waals surface area contributed by atoms with Crippen LogP contribution < -0.4 is 5.32 Å². The summed E-state index contributed by atoms with van der Waals surface area (Å²) in [6, 6.07) is 0.595. The van der Waals surface area contributed by atoms with E-state index in [4.69, 9.17) is 0 Å². The smallest absolute Gasteiger partial charge is 0.0240 e. The first-order valence-electron chi connectivity index (χ1n) is 8.61. The van der Waals surface area contributed by atoms with Crippen molar-refractivity contribution in [3.8, 4) is 0 Å². The third-order valence-corrected chi connectivity index (χ3v) is 5.26. The maximum Gasteiger partial charge on any atom is 0.0240 e. The van der Waals surface area contributed by atoms with Gasteiger partial charge in [-0.25, -0.2) is 0 Å². The van der Waals surface area contributed by atoms with Crippen molar-refractivity contribution in [3.05, 3.63) is 0 Å². The van der Waals surface area contributed by atoms with E-state index in [1.165, 1.54) is 65.0 Å². The van der Waals surface area contributed by atoms with Crippen molar-refractivity contribution in [1.82, 2.24) is 15.1 Å². The van der Waals surface area contributed by atoms with Crippen LogP contribution in [0.1, 0.15) is 46.5 Å². The second kappa shape index (κ2) is 7.24. The molecule has 1 unspecified atom stereocenters. The highest BCUT2D eigenvalue weighted by molar-refractivity contribution is 4.85. The van der Waals surface area contributed by atoms with Gasteiger partial charge in [0.1, 0.15) is 0 Å². The average Bonchev–Trinajstić information content (AvgIpc) is 2.89. The van der Waals surface area contributed by atoms with Crippen molar-refractivity contribution in [3.63, 3.8) is 0 Å². The van der Waals surface area contributed by atoms with Gasteiger partial charge in [-0.3, -0.25) is 0 Å². The summed E-state index contributed by atoms with van der Waals surface area (Å²) in [5.41, 5.74) is 0.348. The highest BCUT2D eigenvalue weighted by atomic mass is 15.2. The lowest BCUT2D eigenvalue weighted by Crippen LogP contribution is -2.49. The van der Waals surface area contributed by atoms with E-state index in [1.54, 1.807) is 0 Å². The van der Waals surface area contributed by atoms with Gasteiger partial charge in [0.2, 0.25) is 0 Å². The Morgan fingerprint density at radius 3 is 2.10 bits per heavy atom. The SMILES string of the molecule is CNC(CN1CCC(CN2CCCC2)CC1)C(C)(C)C. The predicted molar refractivity (Wildman–Crippen MR) is 87.1 cm³/mol. The van der Waals surface area contributed by atoms with Crippen LogP contribution in [0.4, 0.5) is 0 Å². The van der Waals surface area contributed by atoms with Gasteiger partial charge in [-0.05, 0) is 70.2 Å². The summed E-state index contributed by atoms with van der Waals surface area (Å²) in [6.45, 7) is 14.9. The summed E-state index contributed by atoms with van der Waals surface area (Å²) in [5.74, 6) is 0.951. The van der Waals surface area contributed by atoms with Crippen LogP contribution in [0.2, 0.25) is 0 Å². The molecule has 0 radical (unpaired) electrons. The van der Waals surface area contributed by atoms with Crippen LogP contribution in [0.3, 0.4) is 0 Å². The van der Waals surface area contributed by atoms with Gasteiger partial charge in [-0.15, -0.1) is 0 Å².